The molecule has 0 unspecified atom stereocenters. The number of rotatable bonds is 4. The fourth-order valence-electron chi connectivity index (χ4n) is 1.92. The Bertz CT molecular complexity index is 755. The van der Waals surface area contributed by atoms with Crippen LogP contribution in [0.5, 0.6) is 11.6 Å². The summed E-state index contributed by atoms with van der Waals surface area (Å²) >= 11 is 4.79. The third-order valence-electron chi connectivity index (χ3n) is 2.81. The van der Waals surface area contributed by atoms with Gasteiger partial charge in [-0.15, -0.1) is 11.3 Å². The highest BCUT2D eigenvalue weighted by Crippen LogP contribution is 2.31. The fraction of sp³-hybridized carbons (Fsp3) is 0.154. The van der Waals surface area contributed by atoms with Crippen molar-refractivity contribution in [3.8, 4) is 11.6 Å². The van der Waals surface area contributed by atoms with Crippen LogP contribution in [0.3, 0.4) is 0 Å². The molecule has 0 atom stereocenters. The largest absolute Gasteiger partial charge is 0.434 e. The molecule has 2 N–H and O–H groups in total. The minimum Gasteiger partial charge on any atom is -0.434 e. The highest BCUT2D eigenvalue weighted by Gasteiger charge is 2.16. The zero-order valence-corrected chi connectivity index (χ0v) is 12.7. The van der Waals surface area contributed by atoms with Crippen LogP contribution >= 0.6 is 27.3 Å². The number of nitrogens with two attached hydrogens (primary N) is 1. The molecule has 7 heteroatoms. The quantitative estimate of drug-likeness (QED) is 0.777. The van der Waals surface area contributed by atoms with Crippen LogP contribution < -0.4 is 10.5 Å². The number of benzene rings is 1. The van der Waals surface area contributed by atoms with Crippen LogP contribution in [0.25, 0.3) is 4.96 Å². The topological polar surface area (TPSA) is 52.5 Å². The Hall–Kier alpha value is -1.44. The zero-order valence-electron chi connectivity index (χ0n) is 10.3. The van der Waals surface area contributed by atoms with Crippen molar-refractivity contribution in [3.05, 3.63) is 45.8 Å². The Morgan fingerprint density at radius 1 is 1.45 bits per heavy atom. The maximum absolute atomic E-state index is 13.8. The van der Waals surface area contributed by atoms with E-state index in [2.05, 4.69) is 20.9 Å². The third-order valence-corrected chi connectivity index (χ3v) is 4.06. The summed E-state index contributed by atoms with van der Waals surface area (Å²) in [5, 5.41) is 1.94. The molecule has 0 aliphatic heterocycles. The Balaban J connectivity index is 2.03. The van der Waals surface area contributed by atoms with Crippen LogP contribution in [-0.4, -0.2) is 15.9 Å². The number of imidazole rings is 1. The first kappa shape index (κ1) is 13.5. The van der Waals surface area contributed by atoms with Gasteiger partial charge in [0.2, 0.25) is 5.88 Å². The Morgan fingerprint density at radius 3 is 3.10 bits per heavy atom. The van der Waals surface area contributed by atoms with Crippen LogP contribution in [0.2, 0.25) is 0 Å². The van der Waals surface area contributed by atoms with E-state index >= 15 is 0 Å². The molecule has 0 amide bonds. The van der Waals surface area contributed by atoms with Gasteiger partial charge in [-0.1, -0.05) is 15.9 Å². The van der Waals surface area contributed by atoms with E-state index in [4.69, 9.17) is 10.5 Å². The zero-order chi connectivity index (χ0) is 14.1. The third kappa shape index (κ3) is 2.44. The molecule has 0 radical (unpaired) electrons. The number of thiazole rings is 1. The van der Waals surface area contributed by atoms with Gasteiger partial charge in [-0.3, -0.25) is 4.40 Å². The minimum atomic E-state index is -0.428. The van der Waals surface area contributed by atoms with Gasteiger partial charge in [-0.25, -0.2) is 4.39 Å². The summed E-state index contributed by atoms with van der Waals surface area (Å²) < 4.78 is 22.0. The number of nitrogens with zero attached hydrogens (tertiary/aromatic N) is 2. The second-order valence-corrected chi connectivity index (χ2v) is 5.92. The highest BCUT2D eigenvalue weighted by atomic mass is 79.9. The van der Waals surface area contributed by atoms with E-state index in [1.807, 2.05) is 16.0 Å². The molecule has 3 aromatic rings. The average molecular weight is 356 g/mol. The van der Waals surface area contributed by atoms with Gasteiger partial charge in [-0.2, -0.15) is 4.98 Å². The molecule has 0 saturated heterocycles. The first-order chi connectivity index (χ1) is 9.69. The van der Waals surface area contributed by atoms with E-state index in [9.17, 15) is 4.39 Å². The van der Waals surface area contributed by atoms with E-state index in [1.54, 1.807) is 12.1 Å². The van der Waals surface area contributed by atoms with Gasteiger partial charge in [0.25, 0.3) is 0 Å². The van der Waals surface area contributed by atoms with Crippen LogP contribution in [0.15, 0.2) is 34.2 Å². The molecule has 4 nitrogen and oxygen atoms in total. The summed E-state index contributed by atoms with van der Waals surface area (Å²) in [6.07, 6.45) is 2.52. The monoisotopic (exact) mass is 355 g/mol. The molecule has 2 aromatic heterocycles. The van der Waals surface area contributed by atoms with E-state index in [0.29, 0.717) is 18.8 Å². The van der Waals surface area contributed by atoms with Crippen molar-refractivity contribution in [2.75, 3.05) is 6.54 Å². The average Bonchev–Trinajstić information content (AvgIpc) is 2.98. The van der Waals surface area contributed by atoms with Gasteiger partial charge in [0, 0.05) is 22.5 Å². The first-order valence-corrected chi connectivity index (χ1v) is 7.63. The van der Waals surface area contributed by atoms with Crippen LogP contribution in [0, 0.1) is 5.82 Å². The van der Waals surface area contributed by atoms with Crippen molar-refractivity contribution in [1.82, 2.24) is 9.38 Å². The van der Waals surface area contributed by atoms with Gasteiger partial charge in [0.1, 0.15) is 0 Å². The maximum Gasteiger partial charge on any atom is 0.242 e. The van der Waals surface area contributed by atoms with E-state index in [1.165, 1.54) is 17.4 Å². The molecular formula is C13H11BrFN3OS. The number of hydrogen-bond donors (Lipinski definition) is 1. The molecule has 3 rings (SSSR count). The summed E-state index contributed by atoms with van der Waals surface area (Å²) in [5.74, 6) is 0.117. The molecule has 0 aliphatic carbocycles. The predicted octanol–water partition coefficient (Wildman–Crippen LogP) is 3.59. The molecule has 0 spiro atoms. The lowest BCUT2D eigenvalue weighted by molar-refractivity contribution is 0.424. The lowest BCUT2D eigenvalue weighted by atomic mass is 10.3. The van der Waals surface area contributed by atoms with Gasteiger partial charge in [0.15, 0.2) is 16.5 Å². The summed E-state index contributed by atoms with van der Waals surface area (Å²) in [7, 11) is 0. The smallest absolute Gasteiger partial charge is 0.242 e. The highest BCUT2D eigenvalue weighted by molar-refractivity contribution is 9.10. The van der Waals surface area contributed by atoms with Gasteiger partial charge < -0.3 is 10.5 Å². The molecule has 2 heterocycles. The van der Waals surface area contributed by atoms with Gasteiger partial charge >= 0.3 is 0 Å². The maximum atomic E-state index is 13.8. The summed E-state index contributed by atoms with van der Waals surface area (Å²) in [6, 6.07) is 4.55. The number of hydrogen-bond acceptors (Lipinski definition) is 4. The lowest BCUT2D eigenvalue weighted by Gasteiger charge is -2.07. The van der Waals surface area contributed by atoms with Gasteiger partial charge in [0.05, 0.1) is 5.69 Å². The summed E-state index contributed by atoms with van der Waals surface area (Å²) in [6.45, 7) is 0.473. The molecular weight excluding hydrogens is 345 g/mol. The van der Waals surface area contributed by atoms with Crippen molar-refractivity contribution >= 4 is 32.2 Å². The molecule has 20 heavy (non-hydrogen) atoms. The van der Waals surface area contributed by atoms with Crippen LogP contribution in [-0.2, 0) is 6.42 Å². The minimum absolute atomic E-state index is 0.142. The molecule has 0 fully saturated rings. The summed E-state index contributed by atoms with van der Waals surface area (Å²) in [4.78, 5) is 5.18. The first-order valence-electron chi connectivity index (χ1n) is 5.96. The second kappa shape index (κ2) is 5.51. The Labute approximate surface area is 127 Å². The van der Waals surface area contributed by atoms with Crippen LogP contribution in [0.1, 0.15) is 5.69 Å². The molecule has 0 aliphatic rings. The number of aromatic nitrogens is 2. The molecule has 0 saturated carbocycles. The number of fused-ring (bicyclic) bond motifs is 1. The molecule has 1 aromatic carbocycles. The van der Waals surface area contributed by atoms with Crippen molar-refractivity contribution < 1.29 is 9.13 Å². The molecule has 0 bridgehead atoms. The van der Waals surface area contributed by atoms with Crippen molar-refractivity contribution in [3.63, 3.8) is 0 Å². The van der Waals surface area contributed by atoms with Crippen LogP contribution in [0.4, 0.5) is 4.39 Å². The normalized spacial score (nSPS) is 11.2. The SMILES string of the molecule is NCCc1c(Oc2cc(Br)ccc2F)nc2sccn12. The van der Waals surface area contributed by atoms with Gasteiger partial charge in [-0.05, 0) is 24.7 Å². The van der Waals surface area contributed by atoms with E-state index in [0.717, 1.165) is 15.1 Å². The Morgan fingerprint density at radius 2 is 2.30 bits per heavy atom. The molecule has 104 valence electrons. The van der Waals surface area contributed by atoms with Crippen molar-refractivity contribution in [2.45, 2.75) is 6.42 Å². The second-order valence-electron chi connectivity index (χ2n) is 4.13. The van der Waals surface area contributed by atoms with Crippen molar-refractivity contribution in [2.24, 2.45) is 5.73 Å². The lowest BCUT2D eigenvalue weighted by Crippen LogP contribution is -2.06. The Kier molecular flexibility index (Phi) is 3.73. The predicted molar refractivity (Wildman–Crippen MR) is 80.0 cm³/mol. The van der Waals surface area contributed by atoms with E-state index in [-0.39, 0.29) is 5.75 Å². The van der Waals surface area contributed by atoms with Crippen molar-refractivity contribution in [1.29, 1.82) is 0 Å². The number of halogens is 2. The fourth-order valence-corrected chi connectivity index (χ4v) is 2.98. The number of ether oxygens (including phenoxy) is 1. The standard InChI is InChI=1S/C13H11BrFN3OS/c14-8-1-2-9(15)11(7-8)19-12-10(3-4-16)18-5-6-20-13(18)17-12/h1-2,5-7H,3-4,16H2. The summed E-state index contributed by atoms with van der Waals surface area (Å²) in [5.41, 5.74) is 6.47. The van der Waals surface area contributed by atoms with E-state index < -0.39 is 5.82 Å².